The predicted molar refractivity (Wildman–Crippen MR) is 123 cm³/mol. The summed E-state index contributed by atoms with van der Waals surface area (Å²) in [4.78, 5) is 20.5. The summed E-state index contributed by atoms with van der Waals surface area (Å²) in [5, 5.41) is 1.61. The number of hydrogen-bond acceptors (Lipinski definition) is 4. The van der Waals surface area contributed by atoms with Crippen molar-refractivity contribution in [2.75, 3.05) is 13.1 Å². The quantitative estimate of drug-likeness (QED) is 0.494. The van der Waals surface area contributed by atoms with Gasteiger partial charge in [0.2, 0.25) is 0 Å². The van der Waals surface area contributed by atoms with Crippen molar-refractivity contribution < 1.29 is 9.53 Å². The van der Waals surface area contributed by atoms with E-state index in [1.54, 1.807) is 0 Å². The number of aromatic nitrogens is 1. The lowest BCUT2D eigenvalue weighted by Gasteiger charge is -2.32. The Balaban J connectivity index is 1.42. The highest BCUT2D eigenvalue weighted by Gasteiger charge is 2.27. The van der Waals surface area contributed by atoms with E-state index in [0.29, 0.717) is 18.1 Å². The van der Waals surface area contributed by atoms with E-state index < -0.39 is 0 Å². The van der Waals surface area contributed by atoms with Crippen LogP contribution in [0, 0.1) is 20.8 Å². The van der Waals surface area contributed by atoms with Crippen LogP contribution in [0.2, 0.25) is 5.02 Å². The van der Waals surface area contributed by atoms with Gasteiger partial charge in [-0.15, -0.1) is 11.3 Å². The molecule has 0 aliphatic carbocycles. The number of nitrogens with zero attached hydrogens (tertiary/aromatic N) is 2. The average Bonchev–Trinajstić information content (AvgIpc) is 3.11. The molecule has 1 fully saturated rings. The van der Waals surface area contributed by atoms with Crippen molar-refractivity contribution in [3.8, 4) is 16.3 Å². The van der Waals surface area contributed by atoms with Crippen LogP contribution in [-0.2, 0) is 0 Å². The molecule has 0 unspecified atom stereocenters. The van der Waals surface area contributed by atoms with Crippen molar-refractivity contribution in [3.05, 3.63) is 69.2 Å². The Morgan fingerprint density at radius 1 is 1.10 bits per heavy atom. The van der Waals surface area contributed by atoms with Gasteiger partial charge in [-0.25, -0.2) is 4.98 Å². The maximum absolute atomic E-state index is 13.1. The highest BCUT2D eigenvalue weighted by atomic mass is 35.5. The fourth-order valence-corrected chi connectivity index (χ4v) is 5.04. The van der Waals surface area contributed by atoms with Crippen molar-refractivity contribution in [2.45, 2.75) is 39.7 Å². The van der Waals surface area contributed by atoms with Crippen molar-refractivity contribution in [3.63, 3.8) is 0 Å². The van der Waals surface area contributed by atoms with Crippen LogP contribution in [0.3, 0.4) is 0 Å². The second-order valence-corrected chi connectivity index (χ2v) is 9.25. The van der Waals surface area contributed by atoms with Gasteiger partial charge < -0.3 is 9.64 Å². The molecule has 0 radical (unpaired) electrons. The monoisotopic (exact) mass is 440 g/mol. The standard InChI is InChI=1S/C24H25ClN2O2S/c1-15-4-9-21(16(2)14-15)23-26-17(3)22(30-23)24(28)27-12-10-20(11-13-27)29-19-7-5-18(25)6-8-19/h4-9,14,20H,10-13H2,1-3H3. The molecule has 4 rings (SSSR count). The summed E-state index contributed by atoms with van der Waals surface area (Å²) >= 11 is 7.42. The third-order valence-corrected chi connectivity index (χ3v) is 6.88. The fraction of sp³-hybridized carbons (Fsp3) is 0.333. The van der Waals surface area contributed by atoms with Gasteiger partial charge in [0.1, 0.15) is 21.7 Å². The van der Waals surface area contributed by atoms with Gasteiger partial charge in [-0.05, 0) is 50.6 Å². The SMILES string of the molecule is Cc1ccc(-c2nc(C)c(C(=O)N3CCC(Oc4ccc(Cl)cc4)CC3)s2)c(C)c1. The van der Waals surface area contributed by atoms with Crippen LogP contribution in [0.25, 0.3) is 10.6 Å². The smallest absolute Gasteiger partial charge is 0.265 e. The lowest BCUT2D eigenvalue weighted by Crippen LogP contribution is -2.41. The molecule has 2 aromatic carbocycles. The topological polar surface area (TPSA) is 42.4 Å². The number of ether oxygens (including phenoxy) is 1. The van der Waals surface area contributed by atoms with Crippen LogP contribution >= 0.6 is 22.9 Å². The first-order valence-electron chi connectivity index (χ1n) is 10.2. The third kappa shape index (κ3) is 4.52. The molecule has 156 valence electrons. The Hall–Kier alpha value is -2.37. The van der Waals surface area contributed by atoms with E-state index in [1.165, 1.54) is 22.5 Å². The molecule has 2 heterocycles. The minimum absolute atomic E-state index is 0.0750. The number of aryl methyl sites for hydroxylation is 3. The van der Waals surface area contributed by atoms with Gasteiger partial charge in [0, 0.05) is 36.5 Å². The van der Waals surface area contributed by atoms with Gasteiger partial charge in [0.25, 0.3) is 5.91 Å². The number of thiazole rings is 1. The Morgan fingerprint density at radius 3 is 2.47 bits per heavy atom. The van der Waals surface area contributed by atoms with Gasteiger partial charge in [0.15, 0.2) is 0 Å². The van der Waals surface area contributed by atoms with Gasteiger partial charge in [-0.3, -0.25) is 4.79 Å². The van der Waals surface area contributed by atoms with Crippen LogP contribution in [0.4, 0.5) is 0 Å². The number of carbonyl (C=O) groups excluding carboxylic acids is 1. The molecule has 0 saturated carbocycles. The zero-order valence-electron chi connectivity index (χ0n) is 17.4. The number of rotatable bonds is 4. The lowest BCUT2D eigenvalue weighted by atomic mass is 10.1. The Kier molecular flexibility index (Phi) is 6.11. The molecule has 1 saturated heterocycles. The summed E-state index contributed by atoms with van der Waals surface area (Å²) in [6, 6.07) is 13.8. The highest BCUT2D eigenvalue weighted by molar-refractivity contribution is 7.17. The lowest BCUT2D eigenvalue weighted by molar-refractivity contribution is 0.0599. The second kappa shape index (κ2) is 8.78. The maximum atomic E-state index is 13.1. The van der Waals surface area contributed by atoms with Gasteiger partial charge in [0.05, 0.1) is 5.69 Å². The minimum atomic E-state index is 0.0750. The molecule has 0 spiro atoms. The van der Waals surface area contributed by atoms with Crippen LogP contribution in [0.1, 0.15) is 39.3 Å². The first-order valence-corrected chi connectivity index (χ1v) is 11.4. The molecular weight excluding hydrogens is 416 g/mol. The molecule has 30 heavy (non-hydrogen) atoms. The van der Waals surface area contributed by atoms with Crippen molar-refractivity contribution in [2.24, 2.45) is 0 Å². The zero-order valence-corrected chi connectivity index (χ0v) is 19.0. The van der Waals surface area contributed by atoms with E-state index in [4.69, 9.17) is 21.3 Å². The summed E-state index contributed by atoms with van der Waals surface area (Å²) < 4.78 is 6.05. The largest absolute Gasteiger partial charge is 0.490 e. The summed E-state index contributed by atoms with van der Waals surface area (Å²) in [6.45, 7) is 7.47. The molecule has 4 nitrogen and oxygen atoms in total. The third-order valence-electron chi connectivity index (χ3n) is 5.45. The number of piperidine rings is 1. The van der Waals surface area contributed by atoms with Gasteiger partial charge in [-0.1, -0.05) is 35.4 Å². The summed E-state index contributed by atoms with van der Waals surface area (Å²) in [5.74, 6) is 0.895. The molecule has 0 N–H and O–H groups in total. The van der Waals surface area contributed by atoms with E-state index in [2.05, 4.69) is 32.0 Å². The van der Waals surface area contributed by atoms with E-state index in [0.717, 1.165) is 39.7 Å². The first kappa shape index (κ1) is 20.9. The Bertz CT molecular complexity index is 1050. The molecule has 3 aromatic rings. The minimum Gasteiger partial charge on any atom is -0.490 e. The Labute approximate surface area is 186 Å². The summed E-state index contributed by atoms with van der Waals surface area (Å²) in [5.41, 5.74) is 4.31. The highest BCUT2D eigenvalue weighted by Crippen LogP contribution is 2.32. The molecule has 1 amide bonds. The van der Waals surface area contributed by atoms with Crippen molar-refractivity contribution >= 4 is 28.8 Å². The molecule has 0 atom stereocenters. The number of carbonyl (C=O) groups is 1. The van der Waals surface area contributed by atoms with Crippen LogP contribution in [0.5, 0.6) is 5.75 Å². The number of hydrogen-bond donors (Lipinski definition) is 0. The molecule has 1 aliphatic rings. The average molecular weight is 441 g/mol. The molecule has 0 bridgehead atoms. The van der Waals surface area contributed by atoms with Crippen molar-refractivity contribution in [1.82, 2.24) is 9.88 Å². The summed E-state index contributed by atoms with van der Waals surface area (Å²) in [6.07, 6.45) is 1.75. The van der Waals surface area contributed by atoms with Crippen molar-refractivity contribution in [1.29, 1.82) is 0 Å². The van der Waals surface area contributed by atoms with Crippen LogP contribution < -0.4 is 4.74 Å². The van der Waals surface area contributed by atoms with E-state index >= 15 is 0 Å². The fourth-order valence-electron chi connectivity index (χ4n) is 3.79. The number of benzene rings is 2. The number of halogens is 1. The first-order chi connectivity index (χ1) is 14.4. The van der Waals surface area contributed by atoms with Crippen LogP contribution in [-0.4, -0.2) is 35.0 Å². The zero-order chi connectivity index (χ0) is 21.3. The normalized spacial score (nSPS) is 14.7. The molecule has 1 aliphatic heterocycles. The summed E-state index contributed by atoms with van der Waals surface area (Å²) in [7, 11) is 0. The van der Waals surface area contributed by atoms with E-state index in [1.807, 2.05) is 36.1 Å². The second-order valence-electron chi connectivity index (χ2n) is 7.82. The maximum Gasteiger partial charge on any atom is 0.265 e. The number of amides is 1. The van der Waals surface area contributed by atoms with Gasteiger partial charge in [-0.2, -0.15) is 0 Å². The number of likely N-dealkylation sites (tertiary alicyclic amines) is 1. The van der Waals surface area contributed by atoms with E-state index in [-0.39, 0.29) is 12.0 Å². The molecule has 1 aromatic heterocycles. The molecular formula is C24H25ClN2O2S. The van der Waals surface area contributed by atoms with Crippen LogP contribution in [0.15, 0.2) is 42.5 Å². The Morgan fingerprint density at radius 2 is 1.80 bits per heavy atom. The van der Waals surface area contributed by atoms with Gasteiger partial charge >= 0.3 is 0 Å². The van der Waals surface area contributed by atoms with E-state index in [9.17, 15) is 4.79 Å². The predicted octanol–water partition coefficient (Wildman–Crippen LogP) is 6.07. The molecule has 6 heteroatoms.